The monoisotopic (exact) mass is 500 g/mol. The first-order valence-electron chi connectivity index (χ1n) is 9.73. The largest absolute Gasteiger partial charge is 0.452 e. The Morgan fingerprint density at radius 1 is 1.24 bits per heavy atom. The summed E-state index contributed by atoms with van der Waals surface area (Å²) in [5, 5.41) is 3.35. The predicted molar refractivity (Wildman–Crippen MR) is 114 cm³/mol. The van der Waals surface area contributed by atoms with E-state index >= 15 is 0 Å². The minimum Gasteiger partial charge on any atom is -0.368 e. The van der Waals surface area contributed by atoms with Gasteiger partial charge < -0.3 is 16.0 Å². The molecule has 5 N–H and O–H groups in total. The van der Waals surface area contributed by atoms with Gasteiger partial charge in [-0.3, -0.25) is 4.79 Å². The number of nitrogens with one attached hydrogen (secondary N) is 1. The molecule has 2 heterocycles. The molecule has 2 aromatic heterocycles. The summed E-state index contributed by atoms with van der Waals surface area (Å²) < 4.78 is 70.6. The van der Waals surface area contributed by atoms with Crippen LogP contribution in [0.15, 0.2) is 51.2 Å². The molecule has 1 amide bonds. The highest BCUT2D eigenvalue weighted by Crippen LogP contribution is 2.52. The number of nitrogens with two attached hydrogens (primary N) is 2. The number of alkyl halides is 3. The van der Waals surface area contributed by atoms with Gasteiger partial charge in [-0.25, -0.2) is 8.42 Å². The van der Waals surface area contributed by atoms with Gasteiger partial charge in [0, 0.05) is 12.0 Å². The summed E-state index contributed by atoms with van der Waals surface area (Å²) in [7, 11) is -4.20. The highest BCUT2D eigenvalue weighted by molar-refractivity contribution is 7.91. The Bertz CT molecular complexity index is 1290. The van der Waals surface area contributed by atoms with Crippen molar-refractivity contribution in [3.05, 3.63) is 59.4 Å². The fraction of sp³-hybridized carbons (Fsp3) is 0.300. The van der Waals surface area contributed by atoms with Crippen LogP contribution in [0.25, 0.3) is 10.6 Å². The van der Waals surface area contributed by atoms with Crippen molar-refractivity contribution in [2.24, 2.45) is 11.5 Å². The molecule has 0 spiro atoms. The van der Waals surface area contributed by atoms with Crippen LogP contribution < -0.4 is 16.2 Å². The van der Waals surface area contributed by atoms with E-state index in [0.717, 1.165) is 11.1 Å². The number of thiophene rings is 1. The maximum absolute atomic E-state index is 13.0. The fourth-order valence-corrected chi connectivity index (χ4v) is 6.28. The van der Waals surface area contributed by atoms with Crippen molar-refractivity contribution in [3.8, 4) is 10.6 Å². The van der Waals surface area contributed by atoms with Crippen molar-refractivity contribution in [1.82, 2.24) is 9.88 Å². The first-order valence-corrected chi connectivity index (χ1v) is 12.0. The number of nitrogens with zero attached hydrogens (tertiary/aromatic N) is 1. The van der Waals surface area contributed by atoms with E-state index in [9.17, 15) is 26.4 Å². The average Bonchev–Trinajstić information content (AvgIpc) is 3.12. The third-order valence-electron chi connectivity index (χ3n) is 5.42. The van der Waals surface area contributed by atoms with E-state index in [4.69, 9.17) is 11.5 Å². The van der Waals surface area contributed by atoms with Crippen LogP contribution in [0.3, 0.4) is 0 Å². The zero-order chi connectivity index (χ0) is 24.0. The first-order chi connectivity index (χ1) is 15.5. The summed E-state index contributed by atoms with van der Waals surface area (Å²) in [5.41, 5.74) is 11.2. The fourth-order valence-electron chi connectivity index (χ4n) is 3.60. The zero-order valence-corrected chi connectivity index (χ0v) is 18.6. The molecular formula is C20H19F3N4O4S2. The summed E-state index contributed by atoms with van der Waals surface area (Å²) >= 11 is 0.697. The topological polar surface area (TPSA) is 141 Å². The molecule has 8 nitrogen and oxygen atoms in total. The standard InChI is InChI=1S/C20H19F3N4O4S2/c21-20(22,23)16-9-14(26-31-16)15-5-6-17(32-15)33(29,30)27-19(18(25)28)10-13(19)12-3-1-11(2-4-12)7-8-24/h1-6,9,13,27H,7-8,10,24H2,(H2,25,28)/t13-,19+/m1/s1. The Morgan fingerprint density at radius 2 is 1.94 bits per heavy atom. The SMILES string of the molecule is NCCc1ccc([C@H]2C[C@@]2(NS(=O)(=O)c2ccc(-c3cc(C(F)(F)F)on3)s2)C(N)=O)cc1. The molecule has 0 saturated heterocycles. The summed E-state index contributed by atoms with van der Waals surface area (Å²) in [5.74, 6) is -2.55. The number of rotatable bonds is 8. The van der Waals surface area contributed by atoms with Gasteiger partial charge in [-0.2, -0.15) is 17.9 Å². The van der Waals surface area contributed by atoms with Gasteiger partial charge >= 0.3 is 6.18 Å². The normalized spacial score (nSPS) is 20.7. The number of amides is 1. The van der Waals surface area contributed by atoms with Gasteiger partial charge in [0.1, 0.15) is 15.4 Å². The number of benzene rings is 1. The lowest BCUT2D eigenvalue weighted by Gasteiger charge is -2.16. The average molecular weight is 501 g/mol. The van der Waals surface area contributed by atoms with Gasteiger partial charge in [-0.1, -0.05) is 29.4 Å². The van der Waals surface area contributed by atoms with Gasteiger partial charge in [0.2, 0.25) is 11.7 Å². The molecular weight excluding hydrogens is 481 g/mol. The van der Waals surface area contributed by atoms with Gasteiger partial charge in [-0.15, -0.1) is 11.3 Å². The molecule has 1 fully saturated rings. The number of halogens is 3. The van der Waals surface area contributed by atoms with Crippen molar-refractivity contribution in [2.75, 3.05) is 6.54 Å². The van der Waals surface area contributed by atoms with E-state index in [1.165, 1.54) is 12.1 Å². The quantitative estimate of drug-likeness (QED) is 0.434. The number of hydrogen-bond donors (Lipinski definition) is 3. The van der Waals surface area contributed by atoms with Crippen molar-refractivity contribution in [3.63, 3.8) is 0 Å². The second-order valence-corrected chi connectivity index (χ2v) is 10.7. The van der Waals surface area contributed by atoms with Crippen molar-refractivity contribution >= 4 is 27.3 Å². The number of sulfonamides is 1. The molecule has 0 radical (unpaired) electrons. The zero-order valence-electron chi connectivity index (χ0n) is 16.9. The lowest BCUT2D eigenvalue weighted by molar-refractivity contribution is -0.155. The van der Waals surface area contributed by atoms with Crippen LogP contribution in [0.2, 0.25) is 0 Å². The second kappa shape index (κ2) is 8.24. The van der Waals surface area contributed by atoms with Gasteiger partial charge in [-0.05, 0) is 42.6 Å². The van der Waals surface area contributed by atoms with Crippen molar-refractivity contribution in [2.45, 2.75) is 34.7 Å². The molecule has 0 bridgehead atoms. The van der Waals surface area contributed by atoms with Crippen LogP contribution in [0.1, 0.15) is 29.2 Å². The van der Waals surface area contributed by atoms with E-state index in [2.05, 4.69) is 14.4 Å². The Hall–Kier alpha value is -2.74. The first kappa shape index (κ1) is 23.4. The molecule has 1 aliphatic carbocycles. The lowest BCUT2D eigenvalue weighted by Crippen LogP contribution is -2.47. The molecule has 1 saturated carbocycles. The van der Waals surface area contributed by atoms with E-state index in [1.54, 1.807) is 12.1 Å². The van der Waals surface area contributed by atoms with Crippen molar-refractivity contribution < 1.29 is 30.9 Å². The van der Waals surface area contributed by atoms with Gasteiger partial charge in [0.15, 0.2) is 0 Å². The summed E-state index contributed by atoms with van der Waals surface area (Å²) in [6, 6.07) is 10.6. The third-order valence-corrected chi connectivity index (χ3v) is 8.53. The Morgan fingerprint density at radius 3 is 2.52 bits per heavy atom. The summed E-state index contributed by atoms with van der Waals surface area (Å²) in [6.45, 7) is 0.489. The Balaban J connectivity index is 1.55. The molecule has 33 heavy (non-hydrogen) atoms. The van der Waals surface area contributed by atoms with Crippen LogP contribution in [-0.4, -0.2) is 31.6 Å². The highest BCUT2D eigenvalue weighted by Gasteiger charge is 2.62. The molecule has 13 heteroatoms. The van der Waals surface area contributed by atoms with E-state index in [0.29, 0.717) is 30.4 Å². The van der Waals surface area contributed by atoms with Crippen LogP contribution in [0.4, 0.5) is 13.2 Å². The number of primary amides is 1. The highest BCUT2D eigenvalue weighted by atomic mass is 32.2. The van der Waals surface area contributed by atoms with Crippen LogP contribution in [0, 0.1) is 0 Å². The maximum Gasteiger partial charge on any atom is 0.452 e. The van der Waals surface area contributed by atoms with Crippen LogP contribution in [-0.2, 0) is 27.4 Å². The van der Waals surface area contributed by atoms with Gasteiger partial charge in [0.05, 0.1) is 4.88 Å². The second-order valence-electron chi connectivity index (χ2n) is 7.67. The number of hydrogen-bond acceptors (Lipinski definition) is 7. The molecule has 3 aromatic rings. The molecule has 0 unspecified atom stereocenters. The Labute approximate surface area is 190 Å². The number of carbonyl (C=O) groups is 1. The number of aromatic nitrogens is 1. The number of carbonyl (C=O) groups excluding carboxylic acids is 1. The molecule has 0 aliphatic heterocycles. The summed E-state index contributed by atoms with van der Waals surface area (Å²) in [4.78, 5) is 12.4. The molecule has 176 valence electrons. The lowest BCUT2D eigenvalue weighted by atomic mass is 10.0. The molecule has 2 atom stereocenters. The van der Waals surface area contributed by atoms with E-state index < -0.39 is 39.3 Å². The summed E-state index contributed by atoms with van der Waals surface area (Å²) in [6.07, 6.45) is -3.83. The molecule has 1 aromatic carbocycles. The predicted octanol–water partition coefficient (Wildman–Crippen LogP) is 2.61. The maximum atomic E-state index is 13.0. The van der Waals surface area contributed by atoms with Crippen LogP contribution in [0.5, 0.6) is 0 Å². The molecule has 4 rings (SSSR count). The van der Waals surface area contributed by atoms with Crippen LogP contribution >= 0.6 is 11.3 Å². The van der Waals surface area contributed by atoms with E-state index in [1.807, 2.05) is 12.1 Å². The minimum absolute atomic E-state index is 0.153. The van der Waals surface area contributed by atoms with E-state index in [-0.39, 0.29) is 21.2 Å². The van der Waals surface area contributed by atoms with Gasteiger partial charge in [0.25, 0.3) is 10.0 Å². The Kier molecular flexibility index (Phi) is 5.85. The minimum atomic E-state index is -4.71. The smallest absolute Gasteiger partial charge is 0.368 e. The third kappa shape index (κ3) is 4.53. The molecule has 1 aliphatic rings. The van der Waals surface area contributed by atoms with Crippen molar-refractivity contribution in [1.29, 1.82) is 0 Å².